The van der Waals surface area contributed by atoms with Crippen molar-refractivity contribution >= 4 is 18.2 Å². The normalized spacial score (nSPS) is 15.6. The molecule has 0 heterocycles. The maximum absolute atomic E-state index is 14.1. The van der Waals surface area contributed by atoms with Crippen LogP contribution in [0.3, 0.4) is 0 Å². The Morgan fingerprint density at radius 3 is 2.12 bits per heavy atom. The smallest absolute Gasteiger partial charge is 0.192 e. The molecule has 0 saturated carbocycles. The van der Waals surface area contributed by atoms with Gasteiger partial charge in [-0.3, -0.25) is 0 Å². The fraction of sp³-hybridized carbons (Fsp3) is 0.636. The first-order valence-corrected chi connectivity index (χ1v) is 19.5. The van der Waals surface area contributed by atoms with E-state index in [0.717, 1.165) is 24.2 Å². The van der Waals surface area contributed by atoms with Crippen LogP contribution in [0.5, 0.6) is 5.75 Å². The lowest BCUT2D eigenvalue weighted by molar-refractivity contribution is -0.117. The summed E-state index contributed by atoms with van der Waals surface area (Å²) < 4.78 is 57.6. The van der Waals surface area contributed by atoms with Crippen LogP contribution < -0.4 is 4.74 Å². The number of hydrogen-bond acceptors (Lipinski definition) is 7. The second-order valence-electron chi connectivity index (χ2n) is 12.7. The molecule has 0 aromatic heterocycles. The van der Waals surface area contributed by atoms with Crippen LogP contribution >= 0.6 is 0 Å². The van der Waals surface area contributed by atoms with E-state index in [1.54, 1.807) is 38.5 Å². The van der Waals surface area contributed by atoms with Gasteiger partial charge in [-0.15, -0.1) is 0 Å². The van der Waals surface area contributed by atoms with Gasteiger partial charge in [0.15, 0.2) is 18.2 Å². The molecule has 0 aliphatic carbocycles. The van der Waals surface area contributed by atoms with E-state index in [-0.39, 0.29) is 30.0 Å². The molecule has 0 amide bonds. The molecule has 0 bridgehead atoms. The molecule has 1 unspecified atom stereocenters. The van der Waals surface area contributed by atoms with E-state index < -0.39 is 23.4 Å². The number of ether oxygens (including phenoxy) is 4. The molecule has 0 aliphatic rings. The van der Waals surface area contributed by atoms with Crippen LogP contribution in [-0.2, 0) is 35.1 Å². The molecule has 0 spiro atoms. The molecule has 2 aromatic carbocycles. The minimum atomic E-state index is -3.63. The topological polar surface area (TPSA) is 80.3 Å². The average Bonchev–Trinajstić information content (AvgIpc) is 2.94. The lowest BCUT2D eigenvalue weighted by Gasteiger charge is -2.40. The Bertz CT molecular complexity index is 1130. The van der Waals surface area contributed by atoms with Gasteiger partial charge < -0.3 is 23.4 Å². The van der Waals surface area contributed by atoms with E-state index in [1.165, 1.54) is 0 Å². The highest BCUT2D eigenvalue weighted by atomic mass is 32.2. The Kier molecular flexibility index (Phi) is 14.7. The van der Waals surface area contributed by atoms with Gasteiger partial charge in [-0.1, -0.05) is 71.4 Å². The molecular weight excluding hydrogens is 569 g/mol. The van der Waals surface area contributed by atoms with Gasteiger partial charge >= 0.3 is 0 Å². The zero-order chi connectivity index (χ0) is 31.4. The summed E-state index contributed by atoms with van der Waals surface area (Å²) in [4.78, 5) is 0.342. The SMILES string of the molecule is CCC[C@H](CC(C[C@@H](C)[C@@H](COCc1ccc(OC)cc1)OCOC)S(=O)(=O)c1ccccc1)O[Si](C)(C)C(C)(C)C. The van der Waals surface area contributed by atoms with E-state index in [4.69, 9.17) is 23.4 Å². The highest BCUT2D eigenvalue weighted by molar-refractivity contribution is 7.92. The lowest BCUT2D eigenvalue weighted by Crippen LogP contribution is -2.45. The van der Waals surface area contributed by atoms with Crippen molar-refractivity contribution < 1.29 is 31.8 Å². The lowest BCUT2D eigenvalue weighted by atomic mass is 9.96. The minimum Gasteiger partial charge on any atom is -0.497 e. The zero-order valence-corrected chi connectivity index (χ0v) is 29.0. The summed E-state index contributed by atoms with van der Waals surface area (Å²) in [6.45, 7) is 16.1. The van der Waals surface area contributed by atoms with Gasteiger partial charge in [-0.2, -0.15) is 0 Å². The molecule has 2 rings (SSSR count). The molecule has 4 atom stereocenters. The van der Waals surface area contributed by atoms with Crippen molar-refractivity contribution in [3.8, 4) is 5.75 Å². The predicted octanol–water partition coefficient (Wildman–Crippen LogP) is 7.65. The van der Waals surface area contributed by atoms with Gasteiger partial charge in [0.2, 0.25) is 0 Å². The van der Waals surface area contributed by atoms with Crippen LogP contribution in [0, 0.1) is 5.92 Å². The van der Waals surface area contributed by atoms with Crippen molar-refractivity contribution in [3.05, 3.63) is 60.2 Å². The number of benzene rings is 2. The molecule has 9 heteroatoms. The molecule has 0 fully saturated rings. The third-order valence-corrected chi connectivity index (χ3v) is 15.0. The summed E-state index contributed by atoms with van der Waals surface area (Å²) in [5.41, 5.74) is 1.02. The van der Waals surface area contributed by atoms with E-state index in [1.807, 2.05) is 37.3 Å². The van der Waals surface area contributed by atoms with Gasteiger partial charge in [0.25, 0.3) is 0 Å². The summed E-state index contributed by atoms with van der Waals surface area (Å²) in [6.07, 6.45) is 2.10. The third kappa shape index (κ3) is 11.1. The van der Waals surface area contributed by atoms with Crippen LogP contribution in [0.2, 0.25) is 18.1 Å². The Hall–Kier alpha value is -1.75. The maximum atomic E-state index is 14.1. The number of methoxy groups -OCH3 is 2. The summed E-state index contributed by atoms with van der Waals surface area (Å²) in [5, 5.41) is -0.605. The van der Waals surface area contributed by atoms with Gasteiger partial charge in [0.05, 0.1) is 36.6 Å². The van der Waals surface area contributed by atoms with Crippen molar-refractivity contribution in [3.63, 3.8) is 0 Å². The molecule has 0 aliphatic heterocycles. The molecule has 0 radical (unpaired) electrons. The summed E-state index contributed by atoms with van der Waals surface area (Å²) in [5.74, 6) is 0.674. The summed E-state index contributed by atoms with van der Waals surface area (Å²) in [7, 11) is -2.52. The number of hydrogen-bond donors (Lipinski definition) is 0. The second-order valence-corrected chi connectivity index (χ2v) is 19.7. The standard InChI is InChI=1S/C33H54O7SSi/c1-10-14-29(40-42(8,9)33(3,4)5)22-31(41(34,35)30-15-12-11-13-16-30)21-26(2)32(39-25-36-6)24-38-23-27-17-19-28(37-7)20-18-27/h11-13,15-20,26,29,31-32H,10,14,21-25H2,1-9H3/t26-,29-,31?,32-/m1/s1. The molecule has 42 heavy (non-hydrogen) atoms. The first kappa shape index (κ1) is 36.4. The van der Waals surface area contributed by atoms with Gasteiger partial charge in [-0.25, -0.2) is 8.42 Å². The molecule has 238 valence electrons. The quantitative estimate of drug-likeness (QED) is 0.118. The van der Waals surface area contributed by atoms with Crippen LogP contribution in [0.1, 0.15) is 65.9 Å². The van der Waals surface area contributed by atoms with Crippen LogP contribution in [-0.4, -0.2) is 61.8 Å². The van der Waals surface area contributed by atoms with Crippen molar-refractivity contribution in [2.24, 2.45) is 5.92 Å². The largest absolute Gasteiger partial charge is 0.497 e. The number of sulfone groups is 1. The van der Waals surface area contributed by atoms with Crippen LogP contribution in [0.25, 0.3) is 0 Å². The van der Waals surface area contributed by atoms with Crippen molar-refractivity contribution in [1.29, 1.82) is 0 Å². The Labute approximate surface area is 256 Å². The number of rotatable bonds is 19. The molecular formula is C33H54O7SSi. The molecule has 0 N–H and O–H groups in total. The predicted molar refractivity (Wildman–Crippen MR) is 172 cm³/mol. The summed E-state index contributed by atoms with van der Waals surface area (Å²) in [6, 6.07) is 16.5. The van der Waals surface area contributed by atoms with Gasteiger partial charge in [0, 0.05) is 13.2 Å². The highest BCUT2D eigenvalue weighted by Gasteiger charge is 2.41. The monoisotopic (exact) mass is 622 g/mol. The zero-order valence-electron chi connectivity index (χ0n) is 27.2. The Morgan fingerprint density at radius 1 is 0.929 bits per heavy atom. The Balaban J connectivity index is 2.29. The highest BCUT2D eigenvalue weighted by Crippen LogP contribution is 2.39. The molecule has 2 aromatic rings. The summed E-state index contributed by atoms with van der Waals surface area (Å²) >= 11 is 0. The fourth-order valence-electron chi connectivity index (χ4n) is 4.70. The van der Waals surface area contributed by atoms with E-state index in [9.17, 15) is 8.42 Å². The first-order chi connectivity index (χ1) is 19.7. The fourth-order valence-corrected chi connectivity index (χ4v) is 8.05. The first-order valence-electron chi connectivity index (χ1n) is 15.0. The molecule has 0 saturated heterocycles. The van der Waals surface area contributed by atoms with Crippen molar-refractivity contribution in [2.75, 3.05) is 27.6 Å². The van der Waals surface area contributed by atoms with Gasteiger partial charge in [-0.05, 0) is 73.1 Å². The van der Waals surface area contributed by atoms with Crippen LogP contribution in [0.4, 0.5) is 0 Å². The van der Waals surface area contributed by atoms with E-state index >= 15 is 0 Å². The Morgan fingerprint density at radius 2 is 1.57 bits per heavy atom. The van der Waals surface area contributed by atoms with Gasteiger partial charge in [0.1, 0.15) is 12.5 Å². The van der Waals surface area contributed by atoms with Crippen LogP contribution in [0.15, 0.2) is 59.5 Å². The molecule has 7 nitrogen and oxygen atoms in total. The third-order valence-electron chi connectivity index (χ3n) is 8.29. The van der Waals surface area contributed by atoms with Crippen molar-refractivity contribution in [2.45, 2.75) is 107 Å². The second kappa shape index (κ2) is 16.9. The average molecular weight is 623 g/mol. The maximum Gasteiger partial charge on any atom is 0.192 e. The minimum absolute atomic E-state index is 0.0282. The van der Waals surface area contributed by atoms with E-state index in [2.05, 4.69) is 40.8 Å². The van der Waals surface area contributed by atoms with E-state index in [0.29, 0.717) is 31.0 Å². The van der Waals surface area contributed by atoms with Crippen molar-refractivity contribution in [1.82, 2.24) is 0 Å².